The molecule has 0 radical (unpaired) electrons. The number of hydrogen-bond donors (Lipinski definition) is 5. The molecule has 1 heterocycles. The molecule has 10 heteroatoms. The van der Waals surface area contributed by atoms with Gasteiger partial charge in [-0.15, -0.1) is 0 Å². The number of primary amides is 1. The third-order valence-corrected chi connectivity index (χ3v) is 8.26. The molecule has 1 aliphatic heterocycles. The summed E-state index contributed by atoms with van der Waals surface area (Å²) in [6, 6.07) is -5.01. The van der Waals surface area contributed by atoms with E-state index in [1.165, 1.54) is 4.90 Å². The van der Waals surface area contributed by atoms with Crippen molar-refractivity contribution in [2.45, 2.75) is 111 Å². The molecule has 3 aliphatic rings. The summed E-state index contributed by atoms with van der Waals surface area (Å²) in [5.41, 5.74) is 0.275. The number of aliphatic hydroxyl groups excluding tert-OH is 1. The monoisotopic (exact) mass is 530 g/mol. The summed E-state index contributed by atoms with van der Waals surface area (Å²) >= 11 is 0. The molecule has 210 valence electrons. The number of piperidine rings is 1. The lowest BCUT2D eigenvalue weighted by atomic mass is 9.79. The number of urea groups is 1. The lowest BCUT2D eigenvalue weighted by molar-refractivity contribution is -0.144. The van der Waals surface area contributed by atoms with Crippen molar-refractivity contribution in [2.24, 2.45) is 34.3 Å². The van der Waals surface area contributed by atoms with Crippen LogP contribution in [0.1, 0.15) is 93.2 Å². The molecule has 1 saturated heterocycles. The van der Waals surface area contributed by atoms with Crippen LogP contribution < -0.4 is 21.7 Å². The Balaban J connectivity index is 1.92. The molecule has 0 spiro atoms. The summed E-state index contributed by atoms with van der Waals surface area (Å²) in [5, 5.41) is 17.3. The van der Waals surface area contributed by atoms with Gasteiger partial charge in [-0.05, 0) is 55.6 Å². The van der Waals surface area contributed by atoms with Crippen LogP contribution in [0.15, 0.2) is 0 Å². The molecule has 0 aromatic rings. The third-order valence-electron chi connectivity index (χ3n) is 8.26. The van der Waals surface area contributed by atoms with E-state index in [0.717, 1.165) is 19.3 Å². The van der Waals surface area contributed by atoms with Gasteiger partial charge in [-0.1, -0.05) is 53.9 Å². The number of likely N-dealkylation sites (tertiary alicyclic amines) is 1. The Morgan fingerprint density at radius 3 is 2.24 bits per heavy atom. The van der Waals surface area contributed by atoms with Crippen molar-refractivity contribution in [3.63, 3.8) is 0 Å². The maximum absolute atomic E-state index is 14.2. The smallest absolute Gasteiger partial charge is 0.315 e. The fourth-order valence-corrected chi connectivity index (χ4v) is 5.79. The molecule has 6 N–H and O–H groups in total. The summed E-state index contributed by atoms with van der Waals surface area (Å²) in [7, 11) is 0. The first-order chi connectivity index (χ1) is 20.6. The lowest BCUT2D eigenvalue weighted by Gasteiger charge is -2.39. The highest BCUT2D eigenvalue weighted by atomic mass is 16.3. The van der Waals surface area contributed by atoms with E-state index in [4.69, 9.17) is 18.1 Å². The molecule has 6 atom stereocenters. The average Bonchev–Trinajstić information content (AvgIpc) is 3.17. The highest BCUT2D eigenvalue weighted by Crippen LogP contribution is 2.65. The Hall–Kier alpha value is -2.36. The molecular formula is C27H47N5O5. The fraction of sp³-hybridized carbons (Fsp3) is 0.852. The molecule has 3 fully saturated rings. The Bertz CT molecular complexity index is 1170. The highest BCUT2D eigenvalue weighted by Gasteiger charge is 2.69. The second-order valence-electron chi connectivity index (χ2n) is 12.5. The molecule has 2 saturated carbocycles. The first-order valence-corrected chi connectivity index (χ1v) is 12.8. The second-order valence-corrected chi connectivity index (χ2v) is 12.5. The zero-order chi connectivity index (χ0) is 35.6. The number of carbonyl (C=O) groups excluding carboxylic acids is 4. The Morgan fingerprint density at radius 1 is 1.14 bits per heavy atom. The van der Waals surface area contributed by atoms with E-state index in [9.17, 15) is 24.3 Å². The number of rotatable bonds is 8. The maximum atomic E-state index is 14.2. The van der Waals surface area contributed by atoms with Crippen LogP contribution in [0.2, 0.25) is 0 Å². The number of nitrogens with two attached hydrogens (primary N) is 1. The molecule has 0 bridgehead atoms. The van der Waals surface area contributed by atoms with Gasteiger partial charge in [0.2, 0.25) is 17.7 Å². The molecule has 37 heavy (non-hydrogen) atoms. The van der Waals surface area contributed by atoms with Crippen LogP contribution in [-0.2, 0) is 14.4 Å². The van der Waals surface area contributed by atoms with Crippen molar-refractivity contribution in [2.75, 3.05) is 6.54 Å². The van der Waals surface area contributed by atoms with Crippen molar-refractivity contribution in [3.8, 4) is 0 Å². The highest BCUT2D eigenvalue weighted by molar-refractivity contribution is 5.94. The minimum Gasteiger partial charge on any atom is -0.381 e. The van der Waals surface area contributed by atoms with Crippen LogP contribution in [-0.4, -0.2) is 70.1 Å². The summed E-state index contributed by atoms with van der Waals surface area (Å²) in [6.07, 6.45) is 1.40. The van der Waals surface area contributed by atoms with Crippen LogP contribution in [0, 0.1) is 28.6 Å². The number of nitrogens with zero attached hydrogens (tertiary/aromatic N) is 1. The normalized spacial score (nSPS) is 31.9. The number of nitrogens with one attached hydrogen (secondary N) is 3. The molecule has 0 aromatic heterocycles. The fourth-order valence-electron chi connectivity index (χ4n) is 5.79. The molecule has 10 nitrogen and oxygen atoms in total. The molecule has 2 aliphatic carbocycles. The summed E-state index contributed by atoms with van der Waals surface area (Å²) < 4.78 is 70.0. The van der Waals surface area contributed by atoms with E-state index in [1.54, 1.807) is 26.1 Å². The Morgan fingerprint density at radius 2 is 1.76 bits per heavy atom. The van der Waals surface area contributed by atoms with Crippen LogP contribution >= 0.6 is 0 Å². The van der Waals surface area contributed by atoms with Gasteiger partial charge in [0.15, 0.2) is 6.10 Å². The average molecular weight is 531 g/mol. The van der Waals surface area contributed by atoms with E-state index in [2.05, 4.69) is 10.6 Å². The number of hydrogen-bond acceptors (Lipinski definition) is 5. The molecule has 3 rings (SSSR count). The molecule has 0 aromatic carbocycles. The lowest BCUT2D eigenvalue weighted by Crippen LogP contribution is -2.62. The third kappa shape index (κ3) is 6.38. The van der Waals surface area contributed by atoms with Gasteiger partial charge in [0.1, 0.15) is 12.1 Å². The number of fused-ring (bicyclic) bond motifs is 1. The quantitative estimate of drug-likeness (QED) is 0.322. The van der Waals surface area contributed by atoms with Gasteiger partial charge >= 0.3 is 6.03 Å². The molecule has 5 amide bonds. The predicted molar refractivity (Wildman–Crippen MR) is 140 cm³/mol. The zero-order valence-electron chi connectivity index (χ0n) is 31.2. The second kappa shape index (κ2) is 10.1. The van der Waals surface area contributed by atoms with Gasteiger partial charge in [0.25, 0.3) is 0 Å². The van der Waals surface area contributed by atoms with Gasteiger partial charge in [-0.3, -0.25) is 14.4 Å². The molecule has 0 unspecified atom stereocenters. The topological polar surface area (TPSA) is 154 Å². The zero-order valence-corrected chi connectivity index (χ0v) is 22.2. The van der Waals surface area contributed by atoms with Crippen LogP contribution in [0.4, 0.5) is 4.79 Å². The first-order valence-electron chi connectivity index (χ1n) is 17.3. The Labute approximate surface area is 233 Å². The van der Waals surface area contributed by atoms with Crippen LogP contribution in [0.3, 0.4) is 0 Å². The van der Waals surface area contributed by atoms with Crippen LogP contribution in [0.5, 0.6) is 0 Å². The first kappa shape index (κ1) is 18.8. The van der Waals surface area contributed by atoms with Gasteiger partial charge < -0.3 is 31.7 Å². The van der Waals surface area contributed by atoms with E-state index in [-0.39, 0.29) is 29.7 Å². The van der Waals surface area contributed by atoms with E-state index >= 15 is 0 Å². The largest absolute Gasteiger partial charge is 0.381 e. The number of carbonyl (C=O) groups is 4. The maximum Gasteiger partial charge on any atom is 0.315 e. The van der Waals surface area contributed by atoms with Crippen molar-refractivity contribution < 1.29 is 36.6 Å². The SMILES string of the molecule is [2H]C([2H])([2H])C(NC(=O)N[C@H](C(=O)N1C[C@H]2[C@@H]([C@H]1C(=O)N[C@H](CC1CCC1)[C@@H](O)C(N)=O)C2(C)C)C(C)(C)C)(C([2H])([2H])[2H])C([2H])([2H])[2H]. The van der Waals surface area contributed by atoms with Crippen LogP contribution in [0.25, 0.3) is 0 Å². The predicted octanol–water partition coefficient (Wildman–Crippen LogP) is 1.50. The standard InChI is InChI=1S/C27H47N5O5/c1-25(2,3)20(30-24(37)31-26(4,5)6)23(36)32-13-15-17(27(15,7)8)18(32)22(35)29-16(19(33)21(28)34)12-14-10-9-11-14/h14-20,33H,9-13H2,1-8H3,(H2,28,34)(H,29,35)(H2,30,31,37)/t15-,16+,17-,18-,19+,20+/m0/s1/i4D3,5D3,6D3. The van der Waals surface area contributed by atoms with Gasteiger partial charge in [0, 0.05) is 24.4 Å². The van der Waals surface area contributed by atoms with Crippen molar-refractivity contribution in [1.29, 1.82) is 0 Å². The minimum absolute atomic E-state index is 0.0953. The summed E-state index contributed by atoms with van der Waals surface area (Å²) in [6.45, 7) is -2.38. The van der Waals surface area contributed by atoms with Crippen molar-refractivity contribution in [1.82, 2.24) is 20.9 Å². The summed E-state index contributed by atoms with van der Waals surface area (Å²) in [5.74, 6) is -2.56. The minimum atomic E-state index is -3.71. The van der Waals surface area contributed by atoms with Gasteiger partial charge in [-0.25, -0.2) is 4.79 Å². The molecular weight excluding hydrogens is 474 g/mol. The number of aliphatic hydroxyl groups is 1. The Kier molecular flexibility index (Phi) is 5.12. The van der Waals surface area contributed by atoms with Crippen molar-refractivity contribution >= 4 is 23.8 Å². The number of amides is 5. The van der Waals surface area contributed by atoms with Gasteiger partial charge in [0.05, 0.1) is 6.04 Å². The summed E-state index contributed by atoms with van der Waals surface area (Å²) in [4.78, 5) is 54.5. The van der Waals surface area contributed by atoms with Gasteiger partial charge in [-0.2, -0.15) is 0 Å². The van der Waals surface area contributed by atoms with E-state index < -0.39 is 79.5 Å². The van der Waals surface area contributed by atoms with E-state index in [0.29, 0.717) is 6.42 Å². The van der Waals surface area contributed by atoms with E-state index in [1.807, 2.05) is 13.8 Å². The van der Waals surface area contributed by atoms with Crippen molar-refractivity contribution in [3.05, 3.63) is 0 Å².